The summed E-state index contributed by atoms with van der Waals surface area (Å²) < 4.78 is 4.81. The molecule has 0 radical (unpaired) electrons. The fraction of sp³-hybridized carbons (Fsp3) is 0.296. The second-order valence-corrected chi connectivity index (χ2v) is 10.6. The number of likely N-dealkylation sites (N-methyl/N-ethyl adjacent to an activating group) is 1. The average molecular weight is 572 g/mol. The molecule has 38 heavy (non-hydrogen) atoms. The number of amides is 1. The van der Waals surface area contributed by atoms with Gasteiger partial charge in [0.05, 0.1) is 29.3 Å². The van der Waals surface area contributed by atoms with Crippen molar-refractivity contribution < 1.29 is 4.79 Å². The van der Waals surface area contributed by atoms with Crippen molar-refractivity contribution in [3.63, 3.8) is 0 Å². The summed E-state index contributed by atoms with van der Waals surface area (Å²) in [4.78, 5) is 36.5. The average Bonchev–Trinajstić information content (AvgIpc) is 3.65. The van der Waals surface area contributed by atoms with Crippen LogP contribution in [0.5, 0.6) is 0 Å². The highest BCUT2D eigenvalue weighted by molar-refractivity contribution is 9.10. The van der Waals surface area contributed by atoms with Gasteiger partial charge in [-0.25, -0.2) is 19.9 Å². The number of rotatable bonds is 1. The van der Waals surface area contributed by atoms with E-state index in [0.717, 1.165) is 52.4 Å². The number of hydrogen-bond acceptors (Lipinski definition) is 7. The summed E-state index contributed by atoms with van der Waals surface area (Å²) in [5.74, 6) is 1.62. The number of hydrogen-bond donors (Lipinski definition) is 1. The summed E-state index contributed by atoms with van der Waals surface area (Å²) in [5, 5.41) is 3.61. The van der Waals surface area contributed by atoms with Crippen molar-refractivity contribution >= 4 is 50.0 Å². The number of pyridine rings is 1. The van der Waals surface area contributed by atoms with Crippen LogP contribution in [0.4, 0.5) is 11.6 Å². The minimum atomic E-state index is -0.352. The Morgan fingerprint density at radius 2 is 1.97 bits per heavy atom. The summed E-state index contributed by atoms with van der Waals surface area (Å²) >= 11 is 3.50. The predicted octanol–water partition coefficient (Wildman–Crippen LogP) is 3.83. The molecule has 7 rings (SSSR count). The molecule has 4 aromatic heterocycles. The lowest BCUT2D eigenvalue weighted by atomic mass is 10.1. The smallest absolute Gasteiger partial charge is 0.245 e. The van der Waals surface area contributed by atoms with Gasteiger partial charge >= 0.3 is 0 Å². The molecule has 1 aromatic carbocycles. The lowest BCUT2D eigenvalue weighted by Gasteiger charge is -2.29. The summed E-state index contributed by atoms with van der Waals surface area (Å²) in [6, 6.07) is 11.9. The first-order valence-corrected chi connectivity index (χ1v) is 13.5. The number of carbonyl (C=O) groups is 1. The lowest BCUT2D eigenvalue weighted by molar-refractivity contribution is -0.131. The van der Waals surface area contributed by atoms with Crippen LogP contribution in [0.15, 0.2) is 66.0 Å². The Morgan fingerprint density at radius 1 is 1.08 bits per heavy atom. The molecule has 0 unspecified atom stereocenters. The van der Waals surface area contributed by atoms with Crippen molar-refractivity contribution in [3.05, 3.63) is 66.0 Å². The fourth-order valence-corrected chi connectivity index (χ4v) is 6.14. The van der Waals surface area contributed by atoms with E-state index in [2.05, 4.69) is 46.7 Å². The minimum absolute atomic E-state index is 0.0139. The quantitative estimate of drug-likeness (QED) is 0.326. The van der Waals surface area contributed by atoms with E-state index in [1.807, 2.05) is 59.2 Å². The highest BCUT2D eigenvalue weighted by atomic mass is 79.9. The summed E-state index contributed by atoms with van der Waals surface area (Å²) in [7, 11) is 1.89. The van der Waals surface area contributed by atoms with Gasteiger partial charge in [0.15, 0.2) is 10.6 Å². The molecule has 1 fully saturated rings. The van der Waals surface area contributed by atoms with Crippen LogP contribution in [0.1, 0.15) is 12.8 Å². The number of benzene rings is 1. The molecular weight excluding hydrogens is 546 g/mol. The second-order valence-electron chi connectivity index (χ2n) is 9.91. The predicted molar refractivity (Wildman–Crippen MR) is 149 cm³/mol. The maximum Gasteiger partial charge on any atom is 0.245 e. The number of nitrogens with one attached hydrogen (secondary N) is 1. The van der Waals surface area contributed by atoms with Crippen molar-refractivity contribution in [1.29, 1.82) is 0 Å². The van der Waals surface area contributed by atoms with Gasteiger partial charge in [-0.1, -0.05) is 18.2 Å². The van der Waals surface area contributed by atoms with Gasteiger partial charge in [0.1, 0.15) is 17.4 Å². The van der Waals surface area contributed by atoms with Gasteiger partial charge in [-0.2, -0.15) is 0 Å². The van der Waals surface area contributed by atoms with Crippen LogP contribution in [0.25, 0.3) is 27.8 Å². The van der Waals surface area contributed by atoms with Crippen LogP contribution in [0.2, 0.25) is 0 Å². The van der Waals surface area contributed by atoms with Crippen molar-refractivity contribution in [1.82, 2.24) is 33.8 Å². The molecule has 1 amide bonds. The SMILES string of the molecule is CN1CCCn2cnc3cccc(c32)-c2cccc(n2)N[C@H]2C[C@@H](C1=O)N(c1nccn3c(Br)ncc13)C2. The normalized spacial score (nSPS) is 20.0. The maximum atomic E-state index is 13.8. The molecule has 0 spiro atoms. The molecular formula is C27H26BrN9O. The van der Waals surface area contributed by atoms with Crippen molar-refractivity contribution in [3.8, 4) is 11.3 Å². The molecule has 2 aliphatic rings. The van der Waals surface area contributed by atoms with Crippen LogP contribution < -0.4 is 10.2 Å². The molecule has 11 heteroatoms. The van der Waals surface area contributed by atoms with Crippen LogP contribution in [0, 0.1) is 0 Å². The van der Waals surface area contributed by atoms with Crippen molar-refractivity contribution in [2.75, 3.05) is 30.4 Å². The molecule has 10 nitrogen and oxygen atoms in total. The van der Waals surface area contributed by atoms with Gasteiger partial charge in [0, 0.05) is 50.7 Å². The minimum Gasteiger partial charge on any atom is -0.365 e. The number of para-hydroxylation sites is 1. The number of fused-ring (bicyclic) bond motifs is 6. The van der Waals surface area contributed by atoms with Crippen molar-refractivity contribution in [2.24, 2.45) is 0 Å². The fourth-order valence-electron chi connectivity index (χ4n) is 5.73. The van der Waals surface area contributed by atoms with Gasteiger partial charge in [0.25, 0.3) is 0 Å². The van der Waals surface area contributed by atoms with E-state index in [4.69, 9.17) is 9.97 Å². The second kappa shape index (κ2) is 9.09. The van der Waals surface area contributed by atoms with E-state index < -0.39 is 0 Å². The number of aromatic nitrogens is 6. The molecule has 192 valence electrons. The number of carbonyl (C=O) groups excluding carboxylic acids is 1. The van der Waals surface area contributed by atoms with Crippen LogP contribution >= 0.6 is 15.9 Å². The van der Waals surface area contributed by atoms with Crippen LogP contribution in [-0.2, 0) is 11.3 Å². The largest absolute Gasteiger partial charge is 0.365 e. The molecule has 5 aromatic rings. The van der Waals surface area contributed by atoms with Crippen molar-refractivity contribution in [2.45, 2.75) is 31.5 Å². The third kappa shape index (κ3) is 3.80. The third-order valence-corrected chi connectivity index (χ3v) is 8.12. The Hall–Kier alpha value is -3.99. The van der Waals surface area contributed by atoms with Gasteiger partial charge in [0.2, 0.25) is 5.91 Å². The number of anilines is 2. The Balaban J connectivity index is 1.31. The standard InChI is InChI=1S/C27H26BrN9O/c1-34-10-4-11-35-16-31-20-7-2-5-18(24(20)35)19-6-3-8-23(33-19)32-17-13-21(26(34)38)37(15-17)25-22-14-30-27(28)36(22)12-9-29-25/h2-3,5-9,12,14,16-17,21H,4,10-11,13,15H2,1H3,(H,32,33)/t17-,21-/m0/s1. The molecule has 0 aliphatic carbocycles. The number of halogens is 1. The van der Waals surface area contributed by atoms with Gasteiger partial charge < -0.3 is 19.7 Å². The maximum absolute atomic E-state index is 13.8. The summed E-state index contributed by atoms with van der Waals surface area (Å²) in [6.45, 7) is 2.02. The van der Waals surface area contributed by atoms with Crippen LogP contribution in [-0.4, -0.2) is 71.9 Å². The monoisotopic (exact) mass is 571 g/mol. The first kappa shape index (κ1) is 23.2. The van der Waals surface area contributed by atoms with E-state index in [1.54, 1.807) is 12.4 Å². The highest BCUT2D eigenvalue weighted by Crippen LogP contribution is 2.32. The van der Waals surface area contributed by atoms with Gasteiger partial charge in [-0.05, 0) is 47.0 Å². The highest BCUT2D eigenvalue weighted by Gasteiger charge is 2.40. The first-order chi connectivity index (χ1) is 18.6. The zero-order valence-electron chi connectivity index (χ0n) is 20.8. The molecule has 0 saturated carbocycles. The molecule has 2 atom stereocenters. The zero-order chi connectivity index (χ0) is 25.8. The van der Waals surface area contributed by atoms with E-state index in [0.29, 0.717) is 24.2 Å². The Morgan fingerprint density at radius 3 is 2.89 bits per heavy atom. The topological polar surface area (TPSA) is 96.5 Å². The first-order valence-electron chi connectivity index (χ1n) is 12.7. The molecule has 4 bridgehead atoms. The van der Waals surface area contributed by atoms with E-state index in [9.17, 15) is 4.79 Å². The zero-order valence-corrected chi connectivity index (χ0v) is 22.4. The Labute approximate surface area is 227 Å². The number of nitrogens with zero attached hydrogens (tertiary/aromatic N) is 8. The molecule has 1 saturated heterocycles. The van der Waals surface area contributed by atoms with E-state index in [-0.39, 0.29) is 18.0 Å². The van der Waals surface area contributed by atoms with E-state index >= 15 is 0 Å². The van der Waals surface area contributed by atoms with Gasteiger partial charge in [-0.3, -0.25) is 9.20 Å². The third-order valence-electron chi connectivity index (χ3n) is 7.54. The lowest BCUT2D eigenvalue weighted by Crippen LogP contribution is -2.45. The molecule has 2 aliphatic heterocycles. The Bertz CT molecular complexity index is 1680. The van der Waals surface area contributed by atoms with Gasteiger partial charge in [-0.15, -0.1) is 0 Å². The van der Waals surface area contributed by atoms with E-state index in [1.165, 1.54) is 0 Å². The van der Waals surface area contributed by atoms with Crippen LogP contribution in [0.3, 0.4) is 0 Å². The molecule has 1 N–H and O–H groups in total. The number of imidazole rings is 2. The Kier molecular flexibility index (Phi) is 5.54. The summed E-state index contributed by atoms with van der Waals surface area (Å²) in [6.07, 6.45) is 8.75. The number of aryl methyl sites for hydroxylation is 1. The molecule has 6 heterocycles. The summed E-state index contributed by atoms with van der Waals surface area (Å²) in [5.41, 5.74) is 4.82.